The van der Waals surface area contributed by atoms with Crippen molar-refractivity contribution in [2.45, 2.75) is 32.9 Å². The van der Waals surface area contributed by atoms with Crippen LogP contribution in [-0.2, 0) is 16.1 Å². The van der Waals surface area contributed by atoms with E-state index in [1.807, 2.05) is 16.5 Å². The summed E-state index contributed by atoms with van der Waals surface area (Å²) in [4.78, 5) is 13.5. The highest BCUT2D eigenvalue weighted by atomic mass is 16.5. The minimum absolute atomic E-state index is 0.297. The SMILES string of the molecule is CCCn1nc(C)c(N)c1N1CCOCC1C(N)=O. The smallest absolute Gasteiger partial charge is 0.242 e. The predicted octanol–water partition coefficient (Wildman–Crippen LogP) is -0.126. The molecule has 1 aliphatic rings. The van der Waals surface area contributed by atoms with Gasteiger partial charge in [-0.3, -0.25) is 4.79 Å². The summed E-state index contributed by atoms with van der Waals surface area (Å²) in [5.41, 5.74) is 12.9. The average molecular weight is 267 g/mol. The summed E-state index contributed by atoms with van der Waals surface area (Å²) in [7, 11) is 0. The predicted molar refractivity (Wildman–Crippen MR) is 72.8 cm³/mol. The normalized spacial score (nSPS) is 19.7. The highest BCUT2D eigenvalue weighted by Gasteiger charge is 2.32. The Bertz CT molecular complexity index is 471. The number of hydrogen-bond donors (Lipinski definition) is 2. The molecule has 2 rings (SSSR count). The molecule has 19 heavy (non-hydrogen) atoms. The van der Waals surface area contributed by atoms with Crippen molar-refractivity contribution in [3.8, 4) is 0 Å². The number of rotatable bonds is 4. The molecule has 1 amide bonds. The fourth-order valence-corrected chi connectivity index (χ4v) is 2.35. The van der Waals surface area contributed by atoms with Crippen molar-refractivity contribution in [1.29, 1.82) is 0 Å². The van der Waals surface area contributed by atoms with Gasteiger partial charge in [-0.05, 0) is 13.3 Å². The Morgan fingerprint density at radius 3 is 2.95 bits per heavy atom. The topological polar surface area (TPSA) is 99.4 Å². The van der Waals surface area contributed by atoms with Crippen LogP contribution in [0.4, 0.5) is 11.5 Å². The molecule has 1 aromatic rings. The van der Waals surface area contributed by atoms with Gasteiger partial charge in [0.15, 0.2) is 5.82 Å². The van der Waals surface area contributed by atoms with Gasteiger partial charge in [0.05, 0.1) is 24.6 Å². The van der Waals surface area contributed by atoms with Crippen molar-refractivity contribution in [2.75, 3.05) is 30.4 Å². The number of aryl methyl sites for hydroxylation is 2. The molecule has 1 atom stereocenters. The zero-order valence-electron chi connectivity index (χ0n) is 11.4. The number of aromatic nitrogens is 2. The lowest BCUT2D eigenvalue weighted by Gasteiger charge is -2.35. The van der Waals surface area contributed by atoms with E-state index in [9.17, 15) is 4.79 Å². The Morgan fingerprint density at radius 2 is 2.32 bits per heavy atom. The van der Waals surface area contributed by atoms with Crippen LogP contribution in [0.25, 0.3) is 0 Å². The van der Waals surface area contributed by atoms with Gasteiger partial charge in [-0.15, -0.1) is 0 Å². The van der Waals surface area contributed by atoms with Crippen molar-refractivity contribution >= 4 is 17.4 Å². The van der Waals surface area contributed by atoms with E-state index in [4.69, 9.17) is 16.2 Å². The maximum atomic E-state index is 11.6. The number of ether oxygens (including phenoxy) is 1. The molecule has 1 fully saturated rings. The fraction of sp³-hybridized carbons (Fsp3) is 0.667. The Hall–Kier alpha value is -1.76. The molecule has 7 nitrogen and oxygen atoms in total. The third-order valence-electron chi connectivity index (χ3n) is 3.31. The van der Waals surface area contributed by atoms with Crippen molar-refractivity contribution in [2.24, 2.45) is 5.73 Å². The van der Waals surface area contributed by atoms with E-state index in [1.165, 1.54) is 0 Å². The van der Waals surface area contributed by atoms with E-state index in [2.05, 4.69) is 12.0 Å². The zero-order chi connectivity index (χ0) is 14.0. The molecule has 0 radical (unpaired) electrons. The van der Waals surface area contributed by atoms with Crippen LogP contribution in [0.15, 0.2) is 0 Å². The van der Waals surface area contributed by atoms with Gasteiger partial charge in [-0.25, -0.2) is 4.68 Å². The second-order valence-electron chi connectivity index (χ2n) is 4.73. The van der Waals surface area contributed by atoms with E-state index in [-0.39, 0.29) is 0 Å². The van der Waals surface area contributed by atoms with Crippen LogP contribution < -0.4 is 16.4 Å². The lowest BCUT2D eigenvalue weighted by atomic mass is 10.2. The molecule has 0 aliphatic carbocycles. The number of morpholine rings is 1. The Kier molecular flexibility index (Phi) is 3.94. The second kappa shape index (κ2) is 5.48. The van der Waals surface area contributed by atoms with Crippen molar-refractivity contribution in [3.63, 3.8) is 0 Å². The first-order valence-electron chi connectivity index (χ1n) is 6.52. The molecule has 4 N–H and O–H groups in total. The summed E-state index contributed by atoms with van der Waals surface area (Å²) < 4.78 is 7.18. The van der Waals surface area contributed by atoms with E-state index >= 15 is 0 Å². The standard InChI is InChI=1S/C12H21N5O2/c1-3-4-17-12(10(13)8(2)15-17)16-5-6-19-7-9(16)11(14)18/h9H,3-7,13H2,1-2H3,(H2,14,18). The third-order valence-corrected chi connectivity index (χ3v) is 3.31. The lowest BCUT2D eigenvalue weighted by molar-refractivity contribution is -0.121. The number of anilines is 2. The molecule has 1 aliphatic heterocycles. The highest BCUT2D eigenvalue weighted by Crippen LogP contribution is 2.29. The molecule has 106 valence electrons. The average Bonchev–Trinajstić information content (AvgIpc) is 2.65. The number of hydrogen-bond acceptors (Lipinski definition) is 5. The molecule has 0 aromatic carbocycles. The van der Waals surface area contributed by atoms with Gasteiger partial charge >= 0.3 is 0 Å². The van der Waals surface area contributed by atoms with Gasteiger partial charge in [-0.2, -0.15) is 5.10 Å². The molecular formula is C12H21N5O2. The first kappa shape index (κ1) is 13.7. The van der Waals surface area contributed by atoms with Crippen LogP contribution in [0.5, 0.6) is 0 Å². The third kappa shape index (κ3) is 2.51. The first-order chi connectivity index (χ1) is 9.06. The van der Waals surface area contributed by atoms with Gasteiger partial charge in [-0.1, -0.05) is 6.92 Å². The van der Waals surface area contributed by atoms with E-state index in [1.54, 1.807) is 0 Å². The molecule has 2 heterocycles. The number of nitrogens with zero attached hydrogens (tertiary/aromatic N) is 3. The maximum Gasteiger partial charge on any atom is 0.242 e. The van der Waals surface area contributed by atoms with Gasteiger partial charge in [0.1, 0.15) is 6.04 Å². The van der Waals surface area contributed by atoms with Crippen molar-refractivity contribution < 1.29 is 9.53 Å². The number of primary amides is 1. The summed E-state index contributed by atoms with van der Waals surface area (Å²) in [5.74, 6) is 0.382. The number of carbonyl (C=O) groups is 1. The lowest BCUT2D eigenvalue weighted by Crippen LogP contribution is -2.53. The molecule has 1 aromatic heterocycles. The Labute approximate surface area is 112 Å². The first-order valence-corrected chi connectivity index (χ1v) is 6.52. The number of nitrogen functional groups attached to an aromatic ring is 1. The monoisotopic (exact) mass is 267 g/mol. The molecule has 0 spiro atoms. The van der Waals surface area contributed by atoms with Crippen molar-refractivity contribution in [1.82, 2.24) is 9.78 Å². The number of nitrogens with two attached hydrogens (primary N) is 2. The highest BCUT2D eigenvalue weighted by molar-refractivity contribution is 5.85. The van der Waals surface area contributed by atoms with Gasteiger partial charge < -0.3 is 21.1 Å². The van der Waals surface area contributed by atoms with Crippen LogP contribution in [0.2, 0.25) is 0 Å². The van der Waals surface area contributed by atoms with E-state index in [0.29, 0.717) is 25.4 Å². The second-order valence-corrected chi connectivity index (χ2v) is 4.73. The molecule has 1 saturated heterocycles. The largest absolute Gasteiger partial charge is 0.394 e. The van der Waals surface area contributed by atoms with E-state index in [0.717, 1.165) is 24.5 Å². The molecule has 1 unspecified atom stereocenters. The van der Waals surface area contributed by atoms with Crippen LogP contribution >= 0.6 is 0 Å². The van der Waals surface area contributed by atoms with Gasteiger partial charge in [0.2, 0.25) is 5.91 Å². The fourth-order valence-electron chi connectivity index (χ4n) is 2.35. The van der Waals surface area contributed by atoms with Crippen LogP contribution in [0.1, 0.15) is 19.0 Å². The summed E-state index contributed by atoms with van der Waals surface area (Å²) in [6.07, 6.45) is 0.944. The van der Waals surface area contributed by atoms with E-state index < -0.39 is 11.9 Å². The van der Waals surface area contributed by atoms with Gasteiger partial charge in [0.25, 0.3) is 0 Å². The van der Waals surface area contributed by atoms with Crippen LogP contribution in [0.3, 0.4) is 0 Å². The van der Waals surface area contributed by atoms with Crippen LogP contribution in [-0.4, -0.2) is 41.5 Å². The summed E-state index contributed by atoms with van der Waals surface area (Å²) in [5, 5.41) is 4.43. The Morgan fingerprint density at radius 1 is 1.58 bits per heavy atom. The summed E-state index contributed by atoms with van der Waals surface area (Å²) in [6, 6.07) is -0.484. The van der Waals surface area contributed by atoms with Gasteiger partial charge in [0, 0.05) is 13.1 Å². The number of amides is 1. The Balaban J connectivity index is 2.40. The number of carbonyl (C=O) groups excluding carboxylic acids is 1. The minimum Gasteiger partial charge on any atom is -0.394 e. The minimum atomic E-state index is -0.484. The summed E-state index contributed by atoms with van der Waals surface area (Å²) in [6.45, 7) is 6.14. The molecular weight excluding hydrogens is 246 g/mol. The zero-order valence-corrected chi connectivity index (χ0v) is 11.4. The quantitative estimate of drug-likeness (QED) is 0.792. The van der Waals surface area contributed by atoms with Crippen LogP contribution in [0, 0.1) is 6.92 Å². The molecule has 0 saturated carbocycles. The van der Waals surface area contributed by atoms with Crippen molar-refractivity contribution in [3.05, 3.63) is 5.69 Å². The summed E-state index contributed by atoms with van der Waals surface area (Å²) >= 11 is 0. The maximum absolute atomic E-state index is 11.6. The molecule has 7 heteroatoms. The molecule has 0 bridgehead atoms.